The highest BCUT2D eigenvalue weighted by atomic mass is 16.3. The number of nitrogens with zero attached hydrogens (tertiary/aromatic N) is 1. The van der Waals surface area contributed by atoms with Gasteiger partial charge in [-0.05, 0) is 38.8 Å². The molecule has 1 amide bonds. The molecule has 0 aliphatic carbocycles. The molecule has 1 fully saturated rings. The van der Waals surface area contributed by atoms with Gasteiger partial charge in [-0.2, -0.15) is 0 Å². The lowest BCUT2D eigenvalue weighted by atomic mass is 10.0. The summed E-state index contributed by atoms with van der Waals surface area (Å²) in [5.74, 6) is -0.0676. The Morgan fingerprint density at radius 3 is 2.04 bits per heavy atom. The predicted octanol–water partition coefficient (Wildman–Crippen LogP) is 5.21. The van der Waals surface area contributed by atoms with E-state index in [1.807, 2.05) is 6.08 Å². The molecule has 4 heteroatoms. The van der Waals surface area contributed by atoms with Gasteiger partial charge in [-0.15, -0.1) is 0 Å². The molecule has 2 unspecified atom stereocenters. The van der Waals surface area contributed by atoms with Gasteiger partial charge >= 0.3 is 0 Å². The van der Waals surface area contributed by atoms with E-state index in [0.717, 1.165) is 26.1 Å². The van der Waals surface area contributed by atoms with Gasteiger partial charge < -0.3 is 15.3 Å². The summed E-state index contributed by atoms with van der Waals surface area (Å²) in [7, 11) is 0. The average Bonchev–Trinajstić information content (AvgIpc) is 3.17. The quantitative estimate of drug-likeness (QED) is 0.263. The van der Waals surface area contributed by atoms with Crippen LogP contribution in [0.3, 0.4) is 0 Å². The highest BCUT2D eigenvalue weighted by Gasteiger charge is 2.22. The number of hydrogen-bond acceptors (Lipinski definition) is 3. The molecule has 0 aromatic rings. The Kier molecular flexibility index (Phi) is 15.3. The van der Waals surface area contributed by atoms with Crippen LogP contribution < -0.4 is 5.32 Å². The normalized spacial score (nSPS) is 17.2. The Morgan fingerprint density at radius 1 is 0.964 bits per heavy atom. The molecule has 1 aliphatic rings. The van der Waals surface area contributed by atoms with Crippen LogP contribution in [0.2, 0.25) is 0 Å². The lowest BCUT2D eigenvalue weighted by molar-refractivity contribution is -0.120. The Bertz CT molecular complexity index is 405. The molecule has 2 atom stereocenters. The van der Waals surface area contributed by atoms with Gasteiger partial charge in [-0.25, -0.2) is 0 Å². The number of nitrogens with one attached hydrogen (secondary N) is 1. The fraction of sp³-hybridized carbons (Fsp3) is 0.875. The molecule has 1 aliphatic heterocycles. The van der Waals surface area contributed by atoms with Crippen LogP contribution in [0, 0.1) is 0 Å². The number of rotatable bonds is 17. The number of allylic oxidation sites excluding steroid dienone is 1. The number of carbonyl (C=O) groups excluding carboxylic acids is 1. The summed E-state index contributed by atoms with van der Waals surface area (Å²) in [6, 6.07) is -0.204. The van der Waals surface area contributed by atoms with Crippen molar-refractivity contribution in [1.29, 1.82) is 0 Å². The summed E-state index contributed by atoms with van der Waals surface area (Å²) in [6.45, 7) is 6.69. The average molecular weight is 395 g/mol. The van der Waals surface area contributed by atoms with E-state index in [4.69, 9.17) is 0 Å². The number of hydrogen-bond donors (Lipinski definition) is 2. The minimum Gasteiger partial charge on any atom is -0.387 e. The van der Waals surface area contributed by atoms with Crippen molar-refractivity contribution in [3.8, 4) is 0 Å². The molecule has 4 nitrogen and oxygen atoms in total. The van der Waals surface area contributed by atoms with Crippen LogP contribution in [0.1, 0.15) is 104 Å². The molecular formula is C24H46N2O2. The Labute approximate surface area is 174 Å². The first-order valence-electron chi connectivity index (χ1n) is 12.0. The summed E-state index contributed by atoms with van der Waals surface area (Å²) >= 11 is 0. The van der Waals surface area contributed by atoms with Gasteiger partial charge in [0.1, 0.15) is 0 Å². The van der Waals surface area contributed by atoms with Gasteiger partial charge in [0.25, 0.3) is 0 Å². The van der Waals surface area contributed by atoms with Crippen LogP contribution in [-0.4, -0.2) is 47.7 Å². The first kappa shape index (κ1) is 25.2. The lowest BCUT2D eigenvalue weighted by Gasteiger charge is -2.26. The smallest absolute Gasteiger partial charge is 0.217 e. The first-order valence-corrected chi connectivity index (χ1v) is 12.0. The summed E-state index contributed by atoms with van der Waals surface area (Å²) in [5, 5.41) is 13.4. The number of carbonyl (C=O) groups is 1. The van der Waals surface area contributed by atoms with Crippen LogP contribution in [0.4, 0.5) is 0 Å². The minimum absolute atomic E-state index is 0.0676. The highest BCUT2D eigenvalue weighted by molar-refractivity contribution is 5.73. The van der Waals surface area contributed by atoms with E-state index in [9.17, 15) is 9.90 Å². The fourth-order valence-corrected chi connectivity index (χ4v) is 4.04. The highest BCUT2D eigenvalue weighted by Crippen LogP contribution is 2.13. The van der Waals surface area contributed by atoms with Crippen LogP contribution in [0.5, 0.6) is 0 Å². The van der Waals surface area contributed by atoms with Gasteiger partial charge in [0, 0.05) is 13.5 Å². The van der Waals surface area contributed by atoms with Crippen molar-refractivity contribution in [3.63, 3.8) is 0 Å². The molecule has 2 N–H and O–H groups in total. The molecule has 0 saturated carbocycles. The molecule has 0 aromatic heterocycles. The second-order valence-corrected chi connectivity index (χ2v) is 8.56. The van der Waals surface area contributed by atoms with E-state index in [-0.39, 0.29) is 11.9 Å². The summed E-state index contributed by atoms with van der Waals surface area (Å²) < 4.78 is 0. The molecule has 164 valence electrons. The van der Waals surface area contributed by atoms with Gasteiger partial charge in [-0.3, -0.25) is 4.79 Å². The predicted molar refractivity (Wildman–Crippen MR) is 120 cm³/mol. The summed E-state index contributed by atoms with van der Waals surface area (Å²) in [4.78, 5) is 13.8. The maximum Gasteiger partial charge on any atom is 0.217 e. The fourth-order valence-electron chi connectivity index (χ4n) is 4.04. The number of aliphatic hydroxyl groups excluding tert-OH is 1. The molecule has 0 radical (unpaired) electrons. The van der Waals surface area contributed by atoms with Crippen molar-refractivity contribution in [3.05, 3.63) is 12.2 Å². The maximum atomic E-state index is 11.5. The van der Waals surface area contributed by atoms with E-state index in [0.29, 0.717) is 0 Å². The molecule has 1 heterocycles. The Balaban J connectivity index is 2.06. The second-order valence-electron chi connectivity index (χ2n) is 8.56. The summed E-state index contributed by atoms with van der Waals surface area (Å²) in [6.07, 6.45) is 21.7. The van der Waals surface area contributed by atoms with Gasteiger partial charge in [0.05, 0.1) is 12.1 Å². The monoisotopic (exact) mass is 394 g/mol. The second kappa shape index (κ2) is 17.0. The van der Waals surface area contributed by atoms with Gasteiger partial charge in [0.2, 0.25) is 5.91 Å². The van der Waals surface area contributed by atoms with E-state index >= 15 is 0 Å². The standard InChI is InChI=1S/C24H46N2O2/c1-3-4-5-6-7-8-9-10-11-12-13-14-15-18-24(28)23(25-22(2)27)21-26-19-16-17-20-26/h15,18,23-24,28H,3-14,16-17,19-21H2,1-2H3,(H,25,27)/b18-15+. The molecule has 28 heavy (non-hydrogen) atoms. The third kappa shape index (κ3) is 13.3. The van der Waals surface area contributed by atoms with E-state index < -0.39 is 6.10 Å². The van der Waals surface area contributed by atoms with Crippen LogP contribution in [-0.2, 0) is 4.79 Å². The zero-order chi connectivity index (χ0) is 20.5. The van der Waals surface area contributed by atoms with Crippen molar-refractivity contribution in [2.24, 2.45) is 0 Å². The minimum atomic E-state index is -0.600. The maximum absolute atomic E-state index is 11.5. The molecule has 1 saturated heterocycles. The third-order valence-electron chi connectivity index (χ3n) is 5.76. The zero-order valence-electron chi connectivity index (χ0n) is 18.6. The van der Waals surface area contributed by atoms with Crippen LogP contribution in [0.25, 0.3) is 0 Å². The largest absolute Gasteiger partial charge is 0.387 e. The van der Waals surface area contributed by atoms with Crippen molar-refractivity contribution >= 4 is 5.91 Å². The van der Waals surface area contributed by atoms with E-state index in [1.54, 1.807) is 0 Å². The Morgan fingerprint density at radius 2 is 1.50 bits per heavy atom. The van der Waals surface area contributed by atoms with Crippen molar-refractivity contribution in [2.75, 3.05) is 19.6 Å². The first-order chi connectivity index (χ1) is 13.6. The number of unbranched alkanes of at least 4 members (excludes halogenated alkanes) is 11. The SMILES string of the molecule is CCCCCCCCCCCCC/C=C/C(O)C(CN1CCCC1)NC(C)=O. The zero-order valence-corrected chi connectivity index (χ0v) is 18.6. The molecule has 0 bridgehead atoms. The number of likely N-dealkylation sites (tertiary alicyclic amines) is 1. The molecule has 0 aromatic carbocycles. The topological polar surface area (TPSA) is 52.6 Å². The number of amides is 1. The van der Waals surface area contributed by atoms with E-state index in [1.165, 1.54) is 90.4 Å². The van der Waals surface area contributed by atoms with Gasteiger partial charge in [-0.1, -0.05) is 83.3 Å². The molecular weight excluding hydrogens is 348 g/mol. The van der Waals surface area contributed by atoms with E-state index in [2.05, 4.69) is 23.2 Å². The Hall–Kier alpha value is -0.870. The van der Waals surface area contributed by atoms with Crippen molar-refractivity contribution < 1.29 is 9.90 Å². The lowest BCUT2D eigenvalue weighted by Crippen LogP contribution is -2.48. The van der Waals surface area contributed by atoms with Crippen LogP contribution in [0.15, 0.2) is 12.2 Å². The number of aliphatic hydroxyl groups is 1. The molecule has 1 rings (SSSR count). The molecule has 0 spiro atoms. The summed E-state index contributed by atoms with van der Waals surface area (Å²) in [5.41, 5.74) is 0. The van der Waals surface area contributed by atoms with Crippen molar-refractivity contribution in [1.82, 2.24) is 10.2 Å². The van der Waals surface area contributed by atoms with Crippen molar-refractivity contribution in [2.45, 2.75) is 116 Å². The van der Waals surface area contributed by atoms with Crippen LogP contribution >= 0.6 is 0 Å². The van der Waals surface area contributed by atoms with Gasteiger partial charge in [0.15, 0.2) is 0 Å². The third-order valence-corrected chi connectivity index (χ3v) is 5.76.